The van der Waals surface area contributed by atoms with Gasteiger partial charge in [-0.1, -0.05) is 41.6 Å². The number of nitrogens with one attached hydrogen (secondary N) is 1. The molecule has 0 spiro atoms. The van der Waals surface area contributed by atoms with Crippen LogP contribution in [-0.4, -0.2) is 27.5 Å². The monoisotopic (exact) mass is 404 g/mol. The average molecular weight is 404 g/mol. The Morgan fingerprint density at radius 2 is 1.79 bits per heavy atom. The van der Waals surface area contributed by atoms with E-state index in [2.05, 4.69) is 15.6 Å². The van der Waals surface area contributed by atoms with Crippen LogP contribution in [0, 0.1) is 0 Å². The van der Waals surface area contributed by atoms with E-state index < -0.39 is 17.6 Å². The van der Waals surface area contributed by atoms with Gasteiger partial charge >= 0.3 is 6.18 Å². The molecule has 9 heteroatoms. The molecule has 29 heavy (non-hydrogen) atoms. The van der Waals surface area contributed by atoms with Gasteiger partial charge in [0, 0.05) is 13.2 Å². The Bertz CT molecular complexity index is 968. The van der Waals surface area contributed by atoms with E-state index in [1.54, 1.807) is 0 Å². The Labute approximate surface area is 165 Å². The van der Waals surface area contributed by atoms with Crippen molar-refractivity contribution in [1.29, 1.82) is 0 Å². The molecule has 6 nitrogen and oxygen atoms in total. The summed E-state index contributed by atoms with van der Waals surface area (Å²) in [6, 6.07) is 12.5. The molecule has 1 N–H and O–H groups in total. The number of carbonyl (C=O) groups is 1. The van der Waals surface area contributed by atoms with Gasteiger partial charge in [-0.2, -0.15) is 13.2 Å². The highest BCUT2D eigenvalue weighted by molar-refractivity contribution is 5.91. The molecule has 3 rings (SSSR count). The van der Waals surface area contributed by atoms with Crippen LogP contribution in [0.2, 0.25) is 0 Å². The van der Waals surface area contributed by atoms with Crippen LogP contribution >= 0.6 is 0 Å². The summed E-state index contributed by atoms with van der Waals surface area (Å²) in [6.45, 7) is 3.32. The molecule has 0 atom stereocenters. The van der Waals surface area contributed by atoms with Gasteiger partial charge in [0.05, 0.1) is 24.1 Å². The second-order valence-electron chi connectivity index (χ2n) is 6.20. The largest absolute Gasteiger partial charge is 0.418 e. The van der Waals surface area contributed by atoms with E-state index in [1.165, 1.54) is 24.4 Å². The summed E-state index contributed by atoms with van der Waals surface area (Å²) < 4.78 is 45.7. The molecular formula is C20H19F3N4O2. The number of alkyl halides is 3. The van der Waals surface area contributed by atoms with Crippen LogP contribution in [0.3, 0.4) is 0 Å². The minimum Gasteiger partial charge on any atom is -0.377 e. The number of amides is 1. The van der Waals surface area contributed by atoms with Gasteiger partial charge in [0.2, 0.25) is 0 Å². The Morgan fingerprint density at radius 1 is 1.10 bits per heavy atom. The van der Waals surface area contributed by atoms with Crippen molar-refractivity contribution in [1.82, 2.24) is 20.3 Å². The zero-order chi connectivity index (χ0) is 20.9. The summed E-state index contributed by atoms with van der Waals surface area (Å²) in [5.41, 5.74) is 0.761. The number of para-hydroxylation sites is 1. The number of rotatable bonds is 7. The Hall–Kier alpha value is -3.20. The SMILES string of the molecule is CCOCc1ccc(CNC(=O)c2cn(-c3ccccc3C(F)(F)F)nn2)cc1. The van der Waals surface area contributed by atoms with E-state index in [-0.39, 0.29) is 17.9 Å². The Kier molecular flexibility index (Phi) is 6.28. The van der Waals surface area contributed by atoms with E-state index in [1.807, 2.05) is 31.2 Å². The summed E-state index contributed by atoms with van der Waals surface area (Å²) >= 11 is 0. The highest BCUT2D eigenvalue weighted by atomic mass is 19.4. The molecule has 0 radical (unpaired) electrons. The van der Waals surface area contributed by atoms with Gasteiger partial charge < -0.3 is 10.1 Å². The third-order valence-electron chi connectivity index (χ3n) is 4.13. The second kappa shape index (κ2) is 8.87. The van der Waals surface area contributed by atoms with E-state index >= 15 is 0 Å². The molecule has 2 aromatic carbocycles. The molecule has 3 aromatic rings. The predicted molar refractivity (Wildman–Crippen MR) is 99.3 cm³/mol. The lowest BCUT2D eigenvalue weighted by Gasteiger charge is -2.11. The number of halogens is 3. The second-order valence-corrected chi connectivity index (χ2v) is 6.20. The van der Waals surface area contributed by atoms with Crippen molar-refractivity contribution in [2.24, 2.45) is 0 Å². The first kappa shape index (κ1) is 20.5. The predicted octanol–water partition coefficient (Wildman–Crippen LogP) is 3.75. The number of benzene rings is 2. The van der Waals surface area contributed by atoms with Crippen LogP contribution in [-0.2, 0) is 24.1 Å². The van der Waals surface area contributed by atoms with Gasteiger partial charge in [-0.3, -0.25) is 4.79 Å². The molecule has 1 amide bonds. The third kappa shape index (κ3) is 5.20. The molecule has 0 bridgehead atoms. The van der Waals surface area contributed by atoms with Crippen molar-refractivity contribution in [2.45, 2.75) is 26.3 Å². The van der Waals surface area contributed by atoms with E-state index in [0.29, 0.717) is 13.2 Å². The maximum atomic E-state index is 13.2. The minimum atomic E-state index is -4.54. The van der Waals surface area contributed by atoms with Gasteiger partial charge in [0.25, 0.3) is 5.91 Å². The number of hydrogen-bond acceptors (Lipinski definition) is 4. The number of hydrogen-bond donors (Lipinski definition) is 1. The van der Waals surface area contributed by atoms with Crippen molar-refractivity contribution >= 4 is 5.91 Å². The average Bonchev–Trinajstić information content (AvgIpc) is 3.21. The lowest BCUT2D eigenvalue weighted by Crippen LogP contribution is -2.23. The van der Waals surface area contributed by atoms with Gasteiger partial charge in [-0.25, -0.2) is 4.68 Å². The maximum absolute atomic E-state index is 13.2. The van der Waals surface area contributed by atoms with Crippen LogP contribution in [0.1, 0.15) is 34.1 Å². The fourth-order valence-corrected chi connectivity index (χ4v) is 2.64. The first-order valence-corrected chi connectivity index (χ1v) is 8.91. The third-order valence-corrected chi connectivity index (χ3v) is 4.13. The van der Waals surface area contributed by atoms with Crippen LogP contribution < -0.4 is 5.32 Å². The molecule has 0 aliphatic heterocycles. The number of carbonyl (C=O) groups excluding carboxylic acids is 1. The zero-order valence-corrected chi connectivity index (χ0v) is 15.6. The lowest BCUT2D eigenvalue weighted by atomic mass is 10.1. The van der Waals surface area contributed by atoms with Gasteiger partial charge in [0.15, 0.2) is 5.69 Å². The summed E-state index contributed by atoms with van der Waals surface area (Å²) in [7, 11) is 0. The molecule has 152 valence electrons. The van der Waals surface area contributed by atoms with Crippen molar-refractivity contribution in [3.05, 3.63) is 77.1 Å². The molecule has 0 fully saturated rings. The molecule has 0 unspecified atom stereocenters. The van der Waals surface area contributed by atoms with Crippen LogP contribution in [0.25, 0.3) is 5.69 Å². The topological polar surface area (TPSA) is 69.0 Å². The standard InChI is InChI=1S/C20H19F3N4O2/c1-2-29-13-15-9-7-14(8-10-15)11-24-19(28)17-12-27(26-25-17)18-6-4-3-5-16(18)20(21,22)23/h3-10,12H,2,11,13H2,1H3,(H,24,28). The first-order valence-electron chi connectivity index (χ1n) is 8.91. The van der Waals surface area contributed by atoms with Crippen molar-refractivity contribution < 1.29 is 22.7 Å². The highest BCUT2D eigenvalue weighted by Crippen LogP contribution is 2.33. The van der Waals surface area contributed by atoms with E-state index in [4.69, 9.17) is 4.74 Å². The summed E-state index contributed by atoms with van der Waals surface area (Å²) in [4.78, 5) is 12.3. The smallest absolute Gasteiger partial charge is 0.377 e. The zero-order valence-electron chi connectivity index (χ0n) is 15.6. The van der Waals surface area contributed by atoms with E-state index in [0.717, 1.165) is 21.9 Å². The number of aromatic nitrogens is 3. The Balaban J connectivity index is 1.66. The molecule has 1 heterocycles. The molecule has 0 saturated carbocycles. The van der Waals surface area contributed by atoms with Crippen LogP contribution in [0.15, 0.2) is 54.7 Å². The normalized spacial score (nSPS) is 11.4. The first-order chi connectivity index (χ1) is 13.9. The molecule has 0 aliphatic rings. The minimum absolute atomic E-state index is 0.0741. The molecule has 0 saturated heterocycles. The van der Waals surface area contributed by atoms with Crippen LogP contribution in [0.5, 0.6) is 0 Å². The van der Waals surface area contributed by atoms with E-state index in [9.17, 15) is 18.0 Å². The number of ether oxygens (including phenoxy) is 1. The fourth-order valence-electron chi connectivity index (χ4n) is 2.64. The van der Waals surface area contributed by atoms with Crippen molar-refractivity contribution in [3.8, 4) is 5.69 Å². The van der Waals surface area contributed by atoms with Crippen LogP contribution in [0.4, 0.5) is 13.2 Å². The highest BCUT2D eigenvalue weighted by Gasteiger charge is 2.34. The number of nitrogens with zero attached hydrogens (tertiary/aromatic N) is 3. The Morgan fingerprint density at radius 3 is 2.48 bits per heavy atom. The van der Waals surface area contributed by atoms with Gasteiger partial charge in [-0.05, 0) is 30.2 Å². The maximum Gasteiger partial charge on any atom is 0.418 e. The van der Waals surface area contributed by atoms with Gasteiger partial charge in [0.1, 0.15) is 0 Å². The fraction of sp³-hybridized carbons (Fsp3) is 0.250. The van der Waals surface area contributed by atoms with Crippen molar-refractivity contribution in [2.75, 3.05) is 6.61 Å². The van der Waals surface area contributed by atoms with Crippen molar-refractivity contribution in [3.63, 3.8) is 0 Å². The molecule has 0 aliphatic carbocycles. The lowest BCUT2D eigenvalue weighted by molar-refractivity contribution is -0.137. The quantitative estimate of drug-likeness (QED) is 0.651. The summed E-state index contributed by atoms with van der Waals surface area (Å²) in [5, 5.41) is 10.0. The van der Waals surface area contributed by atoms with Gasteiger partial charge in [-0.15, -0.1) is 5.10 Å². The molecular weight excluding hydrogens is 385 g/mol. The summed E-state index contributed by atoms with van der Waals surface area (Å²) in [6.07, 6.45) is -3.37. The summed E-state index contributed by atoms with van der Waals surface area (Å²) in [5.74, 6) is -0.529. The molecule has 1 aromatic heterocycles.